The summed E-state index contributed by atoms with van der Waals surface area (Å²) in [5, 5.41) is 3.34. The van der Waals surface area contributed by atoms with Crippen molar-refractivity contribution in [2.45, 2.75) is 33.2 Å². The minimum atomic E-state index is -0.151. The number of hydrogen-bond acceptors (Lipinski definition) is 1. The summed E-state index contributed by atoms with van der Waals surface area (Å²) < 4.78 is 13.5. The normalized spacial score (nSPS) is 12.7. The van der Waals surface area contributed by atoms with Crippen LogP contribution < -0.4 is 5.32 Å². The van der Waals surface area contributed by atoms with E-state index in [1.165, 1.54) is 11.1 Å². The van der Waals surface area contributed by atoms with Crippen molar-refractivity contribution in [3.8, 4) is 0 Å². The van der Waals surface area contributed by atoms with Gasteiger partial charge in [0.05, 0.1) is 6.04 Å². The van der Waals surface area contributed by atoms with Crippen molar-refractivity contribution in [1.82, 2.24) is 5.32 Å². The Balaban J connectivity index is 2.34. The molecule has 2 aromatic rings. The summed E-state index contributed by atoms with van der Waals surface area (Å²) in [6.45, 7) is 6.26. The summed E-state index contributed by atoms with van der Waals surface area (Å²) >= 11 is 0. The number of benzene rings is 2. The van der Waals surface area contributed by atoms with Gasteiger partial charge < -0.3 is 5.32 Å². The third-order valence-corrected chi connectivity index (χ3v) is 3.73. The van der Waals surface area contributed by atoms with Crippen LogP contribution >= 0.6 is 0 Å². The molecule has 112 valence electrons. The van der Waals surface area contributed by atoms with E-state index < -0.39 is 0 Å². The van der Waals surface area contributed by atoms with E-state index in [4.69, 9.17) is 0 Å². The second kappa shape index (κ2) is 6.86. The van der Waals surface area contributed by atoms with Crippen molar-refractivity contribution < 1.29 is 4.39 Å². The topological polar surface area (TPSA) is 12.0 Å². The summed E-state index contributed by atoms with van der Waals surface area (Å²) in [5.41, 5.74) is 4.35. The molecule has 1 nitrogen and oxygen atoms in total. The Hall–Kier alpha value is -1.67. The molecular weight excluding hydrogens is 261 g/mol. The number of hydrogen-bond donors (Lipinski definition) is 1. The predicted octanol–water partition coefficient (Wildman–Crippen LogP) is 4.64. The van der Waals surface area contributed by atoms with E-state index >= 15 is 0 Å². The van der Waals surface area contributed by atoms with E-state index in [1.807, 2.05) is 19.2 Å². The highest BCUT2D eigenvalue weighted by molar-refractivity contribution is 5.36. The average molecular weight is 285 g/mol. The Kier molecular flexibility index (Phi) is 5.13. The maximum absolute atomic E-state index is 13.5. The zero-order valence-corrected chi connectivity index (χ0v) is 13.3. The zero-order chi connectivity index (χ0) is 15.4. The Morgan fingerprint density at radius 3 is 2.38 bits per heavy atom. The Bertz CT molecular complexity index is 604. The number of halogens is 1. The lowest BCUT2D eigenvalue weighted by molar-refractivity contribution is 0.613. The standard InChI is InChI=1S/C19H24FN/c1-13(2)10-15-6-5-7-16(12-15)19(21-4)17-8-9-18(20)14(3)11-17/h5-9,11-13,19,21H,10H2,1-4H3. The maximum Gasteiger partial charge on any atom is 0.126 e. The molecule has 1 atom stereocenters. The second-order valence-corrected chi connectivity index (χ2v) is 6.07. The average Bonchev–Trinajstić information content (AvgIpc) is 2.43. The summed E-state index contributed by atoms with van der Waals surface area (Å²) in [4.78, 5) is 0. The first kappa shape index (κ1) is 15.7. The van der Waals surface area contributed by atoms with Gasteiger partial charge in [-0.25, -0.2) is 4.39 Å². The third-order valence-electron chi connectivity index (χ3n) is 3.73. The van der Waals surface area contributed by atoms with Gasteiger partial charge in [0, 0.05) is 0 Å². The number of nitrogens with one attached hydrogen (secondary N) is 1. The zero-order valence-electron chi connectivity index (χ0n) is 13.3. The molecular formula is C19H24FN. The van der Waals surface area contributed by atoms with Crippen LogP contribution in [0, 0.1) is 18.7 Å². The highest BCUT2D eigenvalue weighted by Gasteiger charge is 2.13. The molecule has 0 saturated carbocycles. The number of rotatable bonds is 5. The Labute approximate surface area is 127 Å². The van der Waals surface area contributed by atoms with Crippen LogP contribution in [0.3, 0.4) is 0 Å². The fourth-order valence-corrected chi connectivity index (χ4v) is 2.74. The summed E-state index contributed by atoms with van der Waals surface area (Å²) in [6.07, 6.45) is 1.08. The SMILES string of the molecule is CNC(c1cccc(CC(C)C)c1)c1ccc(F)c(C)c1. The molecule has 2 heteroatoms. The fraction of sp³-hybridized carbons (Fsp3) is 0.368. The first-order valence-corrected chi connectivity index (χ1v) is 7.53. The molecule has 0 aliphatic rings. The van der Waals surface area contributed by atoms with E-state index in [1.54, 1.807) is 13.0 Å². The molecule has 0 saturated heterocycles. The molecule has 0 radical (unpaired) electrons. The fourth-order valence-electron chi connectivity index (χ4n) is 2.74. The van der Waals surface area contributed by atoms with Crippen LogP contribution in [0.1, 0.15) is 42.1 Å². The minimum absolute atomic E-state index is 0.0939. The number of aryl methyl sites for hydroxylation is 1. The molecule has 0 bridgehead atoms. The van der Waals surface area contributed by atoms with E-state index in [0.717, 1.165) is 12.0 Å². The van der Waals surface area contributed by atoms with Gasteiger partial charge in [-0.15, -0.1) is 0 Å². The van der Waals surface area contributed by atoms with E-state index in [0.29, 0.717) is 11.5 Å². The first-order chi connectivity index (χ1) is 10.0. The van der Waals surface area contributed by atoms with Crippen LogP contribution in [-0.4, -0.2) is 7.05 Å². The van der Waals surface area contributed by atoms with Gasteiger partial charge in [0.15, 0.2) is 0 Å². The molecule has 21 heavy (non-hydrogen) atoms. The second-order valence-electron chi connectivity index (χ2n) is 6.07. The van der Waals surface area contributed by atoms with E-state index in [2.05, 4.69) is 43.4 Å². The van der Waals surface area contributed by atoms with Gasteiger partial charge in [0.25, 0.3) is 0 Å². The van der Waals surface area contributed by atoms with Crippen LogP contribution in [0.2, 0.25) is 0 Å². The highest BCUT2D eigenvalue weighted by Crippen LogP contribution is 2.25. The quantitative estimate of drug-likeness (QED) is 0.843. The van der Waals surface area contributed by atoms with Crippen LogP contribution in [-0.2, 0) is 6.42 Å². The van der Waals surface area contributed by atoms with Gasteiger partial charge in [-0.05, 0) is 54.6 Å². The van der Waals surface area contributed by atoms with Crippen molar-refractivity contribution in [2.24, 2.45) is 5.92 Å². The minimum Gasteiger partial charge on any atom is -0.309 e. The Morgan fingerprint density at radius 2 is 1.76 bits per heavy atom. The van der Waals surface area contributed by atoms with E-state index in [-0.39, 0.29) is 11.9 Å². The van der Waals surface area contributed by atoms with Gasteiger partial charge in [-0.3, -0.25) is 0 Å². The van der Waals surface area contributed by atoms with Crippen LogP contribution in [0.15, 0.2) is 42.5 Å². The predicted molar refractivity (Wildman–Crippen MR) is 87.0 cm³/mol. The molecule has 0 spiro atoms. The summed E-state index contributed by atoms with van der Waals surface area (Å²) in [6, 6.07) is 14.1. The van der Waals surface area contributed by atoms with E-state index in [9.17, 15) is 4.39 Å². The van der Waals surface area contributed by atoms with Gasteiger partial charge in [-0.2, -0.15) is 0 Å². The lowest BCUT2D eigenvalue weighted by Crippen LogP contribution is -2.18. The van der Waals surface area contributed by atoms with Crippen LogP contribution in [0.5, 0.6) is 0 Å². The molecule has 0 fully saturated rings. The molecule has 1 unspecified atom stereocenters. The molecule has 0 aliphatic heterocycles. The molecule has 0 heterocycles. The van der Waals surface area contributed by atoms with Crippen LogP contribution in [0.4, 0.5) is 4.39 Å². The van der Waals surface area contributed by atoms with Crippen molar-refractivity contribution in [2.75, 3.05) is 7.05 Å². The Morgan fingerprint density at radius 1 is 1.05 bits per heavy atom. The molecule has 0 aromatic heterocycles. The van der Waals surface area contributed by atoms with Gasteiger partial charge >= 0.3 is 0 Å². The molecule has 2 rings (SSSR count). The third kappa shape index (κ3) is 3.92. The molecule has 2 aromatic carbocycles. The molecule has 1 N–H and O–H groups in total. The first-order valence-electron chi connectivity index (χ1n) is 7.53. The summed E-state index contributed by atoms with van der Waals surface area (Å²) in [5.74, 6) is 0.489. The van der Waals surface area contributed by atoms with Gasteiger partial charge in [-0.1, -0.05) is 50.2 Å². The van der Waals surface area contributed by atoms with Crippen molar-refractivity contribution in [3.05, 3.63) is 70.5 Å². The largest absolute Gasteiger partial charge is 0.309 e. The van der Waals surface area contributed by atoms with Crippen molar-refractivity contribution >= 4 is 0 Å². The van der Waals surface area contributed by atoms with Gasteiger partial charge in [0.1, 0.15) is 5.82 Å². The lowest BCUT2D eigenvalue weighted by Gasteiger charge is -2.19. The van der Waals surface area contributed by atoms with Crippen molar-refractivity contribution in [1.29, 1.82) is 0 Å². The van der Waals surface area contributed by atoms with Crippen molar-refractivity contribution in [3.63, 3.8) is 0 Å². The summed E-state index contributed by atoms with van der Waals surface area (Å²) in [7, 11) is 1.94. The smallest absolute Gasteiger partial charge is 0.126 e. The molecule has 0 aliphatic carbocycles. The maximum atomic E-state index is 13.5. The monoisotopic (exact) mass is 285 g/mol. The molecule has 0 amide bonds. The lowest BCUT2D eigenvalue weighted by atomic mass is 9.94. The van der Waals surface area contributed by atoms with Crippen LogP contribution in [0.25, 0.3) is 0 Å². The van der Waals surface area contributed by atoms with Gasteiger partial charge in [0.2, 0.25) is 0 Å². The highest BCUT2D eigenvalue weighted by atomic mass is 19.1.